The van der Waals surface area contributed by atoms with Gasteiger partial charge in [-0.1, -0.05) is 12.8 Å². The van der Waals surface area contributed by atoms with E-state index in [0.717, 1.165) is 25.9 Å². The van der Waals surface area contributed by atoms with Crippen molar-refractivity contribution in [2.75, 3.05) is 20.3 Å². The molecule has 0 aromatic rings. The molecule has 0 saturated heterocycles. The highest BCUT2D eigenvalue weighted by atomic mass is 16.5. The highest BCUT2D eigenvalue weighted by Crippen LogP contribution is 2.33. The molecular weight excluding hydrogens is 178 g/mol. The molecule has 0 aliphatic heterocycles. The summed E-state index contributed by atoms with van der Waals surface area (Å²) in [4.78, 5) is 0. The molecule has 14 heavy (non-hydrogen) atoms. The Balaban J connectivity index is 2.32. The summed E-state index contributed by atoms with van der Waals surface area (Å²) in [5.74, 6) is 0. The fourth-order valence-corrected chi connectivity index (χ4v) is 2.16. The van der Waals surface area contributed by atoms with E-state index in [0.29, 0.717) is 6.54 Å². The topological polar surface area (TPSA) is 44.5 Å². The van der Waals surface area contributed by atoms with Gasteiger partial charge in [0, 0.05) is 20.3 Å². The van der Waals surface area contributed by atoms with Crippen molar-refractivity contribution in [2.45, 2.75) is 50.7 Å². The first kappa shape index (κ1) is 12.0. The predicted octanol–water partition coefficient (Wildman–Crippen LogP) is 1.70. The summed E-state index contributed by atoms with van der Waals surface area (Å²) in [6.07, 6.45) is 5.99. The fraction of sp³-hybridized carbons (Fsp3) is 1.00. The molecule has 0 aromatic carbocycles. The Morgan fingerprint density at radius 3 is 2.50 bits per heavy atom. The molecule has 0 spiro atoms. The molecular formula is C11H23NO2. The van der Waals surface area contributed by atoms with Crippen LogP contribution in [0.25, 0.3) is 0 Å². The monoisotopic (exact) mass is 201 g/mol. The Hall–Kier alpha value is -0.120. The summed E-state index contributed by atoms with van der Waals surface area (Å²) in [5.41, 5.74) is 5.77. The lowest BCUT2D eigenvalue weighted by atomic mass is 10.0. The summed E-state index contributed by atoms with van der Waals surface area (Å²) >= 11 is 0. The summed E-state index contributed by atoms with van der Waals surface area (Å²) in [6.45, 7) is 3.53. The minimum Gasteiger partial charge on any atom is -0.385 e. The first-order valence-corrected chi connectivity index (χ1v) is 5.59. The number of rotatable bonds is 6. The second-order valence-electron chi connectivity index (χ2n) is 4.30. The van der Waals surface area contributed by atoms with Crippen molar-refractivity contribution in [1.82, 2.24) is 0 Å². The van der Waals surface area contributed by atoms with Crippen LogP contribution in [0, 0.1) is 0 Å². The van der Waals surface area contributed by atoms with Crippen LogP contribution in [-0.4, -0.2) is 32.0 Å². The largest absolute Gasteiger partial charge is 0.385 e. The average molecular weight is 201 g/mol. The van der Waals surface area contributed by atoms with Gasteiger partial charge >= 0.3 is 0 Å². The predicted molar refractivity (Wildman–Crippen MR) is 57.3 cm³/mol. The Morgan fingerprint density at radius 2 is 2.00 bits per heavy atom. The highest BCUT2D eigenvalue weighted by Gasteiger charge is 2.34. The number of hydrogen-bond donors (Lipinski definition) is 1. The molecule has 1 aliphatic carbocycles. The van der Waals surface area contributed by atoms with E-state index in [-0.39, 0.29) is 11.7 Å². The zero-order valence-corrected chi connectivity index (χ0v) is 9.42. The van der Waals surface area contributed by atoms with Gasteiger partial charge in [0.15, 0.2) is 0 Å². The number of ether oxygens (including phenoxy) is 2. The normalized spacial score (nSPS) is 22.5. The van der Waals surface area contributed by atoms with Gasteiger partial charge in [0.25, 0.3) is 0 Å². The van der Waals surface area contributed by atoms with Crippen LogP contribution in [-0.2, 0) is 9.47 Å². The minimum absolute atomic E-state index is 0.0207. The van der Waals surface area contributed by atoms with Crippen LogP contribution in [0.15, 0.2) is 0 Å². The number of nitrogens with two attached hydrogens (primary N) is 1. The molecule has 2 N–H and O–H groups in total. The molecule has 1 aliphatic rings. The van der Waals surface area contributed by atoms with Crippen molar-refractivity contribution in [2.24, 2.45) is 5.73 Å². The fourth-order valence-electron chi connectivity index (χ4n) is 2.16. The van der Waals surface area contributed by atoms with Gasteiger partial charge in [-0.05, 0) is 26.2 Å². The molecule has 0 aromatic heterocycles. The Bertz CT molecular complexity index is 155. The van der Waals surface area contributed by atoms with Gasteiger partial charge in [-0.15, -0.1) is 0 Å². The SMILES string of the molecule is COCCC(C)OC1(CN)CCCC1. The molecule has 1 atom stereocenters. The maximum atomic E-state index is 6.05. The van der Waals surface area contributed by atoms with E-state index in [9.17, 15) is 0 Å². The summed E-state index contributed by atoms with van der Waals surface area (Å²) < 4.78 is 11.1. The standard InChI is InChI=1S/C11H23NO2/c1-10(5-8-13-2)14-11(9-12)6-3-4-7-11/h10H,3-9,12H2,1-2H3. The molecule has 1 fully saturated rings. The third-order valence-electron chi connectivity index (χ3n) is 3.07. The zero-order valence-electron chi connectivity index (χ0n) is 9.42. The minimum atomic E-state index is -0.0207. The van der Waals surface area contributed by atoms with E-state index in [1.54, 1.807) is 7.11 Å². The second-order valence-corrected chi connectivity index (χ2v) is 4.30. The van der Waals surface area contributed by atoms with Crippen LogP contribution in [0.5, 0.6) is 0 Å². The van der Waals surface area contributed by atoms with Gasteiger partial charge in [-0.3, -0.25) is 0 Å². The molecule has 0 bridgehead atoms. The van der Waals surface area contributed by atoms with Gasteiger partial charge < -0.3 is 15.2 Å². The average Bonchev–Trinajstić information content (AvgIpc) is 2.64. The van der Waals surface area contributed by atoms with Crippen molar-refractivity contribution >= 4 is 0 Å². The van der Waals surface area contributed by atoms with Crippen molar-refractivity contribution in [3.63, 3.8) is 0 Å². The van der Waals surface area contributed by atoms with E-state index in [1.807, 2.05) is 0 Å². The Labute approximate surface area is 86.9 Å². The molecule has 84 valence electrons. The molecule has 1 rings (SSSR count). The van der Waals surface area contributed by atoms with E-state index in [2.05, 4.69) is 6.92 Å². The molecule has 1 saturated carbocycles. The van der Waals surface area contributed by atoms with Crippen molar-refractivity contribution < 1.29 is 9.47 Å². The second kappa shape index (κ2) is 5.69. The van der Waals surface area contributed by atoms with E-state index >= 15 is 0 Å². The van der Waals surface area contributed by atoms with Gasteiger partial charge in [-0.2, -0.15) is 0 Å². The van der Waals surface area contributed by atoms with Crippen LogP contribution in [0.4, 0.5) is 0 Å². The van der Waals surface area contributed by atoms with Gasteiger partial charge in [-0.25, -0.2) is 0 Å². The van der Waals surface area contributed by atoms with Gasteiger partial charge in [0.1, 0.15) is 0 Å². The molecule has 0 radical (unpaired) electrons. The lowest BCUT2D eigenvalue weighted by molar-refractivity contribution is -0.0845. The summed E-state index contributed by atoms with van der Waals surface area (Å²) in [6, 6.07) is 0. The van der Waals surface area contributed by atoms with Crippen LogP contribution >= 0.6 is 0 Å². The van der Waals surface area contributed by atoms with E-state index in [1.165, 1.54) is 12.8 Å². The number of methoxy groups -OCH3 is 1. The zero-order chi connectivity index (χ0) is 10.4. The van der Waals surface area contributed by atoms with Crippen LogP contribution in [0.1, 0.15) is 39.0 Å². The number of hydrogen-bond acceptors (Lipinski definition) is 3. The third-order valence-corrected chi connectivity index (χ3v) is 3.07. The lowest BCUT2D eigenvalue weighted by Crippen LogP contribution is -2.40. The van der Waals surface area contributed by atoms with Crippen molar-refractivity contribution in [3.8, 4) is 0 Å². The van der Waals surface area contributed by atoms with Gasteiger partial charge in [0.05, 0.1) is 11.7 Å². The molecule has 1 unspecified atom stereocenters. The maximum Gasteiger partial charge on any atom is 0.0807 e. The smallest absolute Gasteiger partial charge is 0.0807 e. The molecule has 3 heteroatoms. The van der Waals surface area contributed by atoms with Crippen LogP contribution in [0.2, 0.25) is 0 Å². The van der Waals surface area contributed by atoms with Crippen LogP contribution in [0.3, 0.4) is 0 Å². The summed E-state index contributed by atoms with van der Waals surface area (Å²) in [7, 11) is 1.72. The molecule has 0 heterocycles. The third kappa shape index (κ3) is 3.23. The molecule has 0 amide bonds. The maximum absolute atomic E-state index is 6.05. The highest BCUT2D eigenvalue weighted by molar-refractivity contribution is 4.88. The molecule has 3 nitrogen and oxygen atoms in total. The lowest BCUT2D eigenvalue weighted by Gasteiger charge is -2.31. The Morgan fingerprint density at radius 1 is 1.36 bits per heavy atom. The van der Waals surface area contributed by atoms with Crippen LogP contribution < -0.4 is 5.73 Å². The van der Waals surface area contributed by atoms with Crippen molar-refractivity contribution in [1.29, 1.82) is 0 Å². The van der Waals surface area contributed by atoms with Gasteiger partial charge in [0.2, 0.25) is 0 Å². The first-order chi connectivity index (χ1) is 6.72. The Kier molecular flexibility index (Phi) is 4.85. The first-order valence-electron chi connectivity index (χ1n) is 5.59. The van der Waals surface area contributed by atoms with E-state index in [4.69, 9.17) is 15.2 Å². The summed E-state index contributed by atoms with van der Waals surface area (Å²) in [5, 5.41) is 0. The van der Waals surface area contributed by atoms with E-state index < -0.39 is 0 Å². The quantitative estimate of drug-likeness (QED) is 0.711. The van der Waals surface area contributed by atoms with Crippen molar-refractivity contribution in [3.05, 3.63) is 0 Å².